The van der Waals surface area contributed by atoms with Crippen molar-refractivity contribution in [1.29, 1.82) is 0 Å². The van der Waals surface area contributed by atoms with Crippen LogP contribution in [0.3, 0.4) is 0 Å². The largest absolute Gasteiger partial charge is 0.393 e. The van der Waals surface area contributed by atoms with E-state index < -0.39 is 0 Å². The van der Waals surface area contributed by atoms with Gasteiger partial charge in [-0.05, 0) is 17.2 Å². The number of carbonyl (C=O) groups excluding carboxylic acids is 1. The van der Waals surface area contributed by atoms with Crippen LogP contribution in [0.25, 0.3) is 11.6 Å². The molecule has 1 heterocycles. The lowest BCUT2D eigenvalue weighted by Crippen LogP contribution is -2.00. The van der Waals surface area contributed by atoms with Gasteiger partial charge in [0.15, 0.2) is 0 Å². The van der Waals surface area contributed by atoms with Crippen LogP contribution in [0.15, 0.2) is 70.6 Å². The SMILES string of the molecule is NC1=C(c2ccccc2)C(=O)C(=Cc2ccccc2)S1. The number of allylic oxidation sites excluding steroid dienone is 2. The Balaban J connectivity index is 1.95. The molecule has 0 bridgehead atoms. The second kappa shape index (κ2) is 5.39. The molecule has 0 fully saturated rings. The predicted octanol–water partition coefficient (Wildman–Crippen LogP) is 3.67. The van der Waals surface area contributed by atoms with Gasteiger partial charge in [0.25, 0.3) is 0 Å². The van der Waals surface area contributed by atoms with Crippen LogP contribution in [0, 0.1) is 0 Å². The molecule has 3 heteroatoms. The highest BCUT2D eigenvalue weighted by Gasteiger charge is 2.28. The lowest BCUT2D eigenvalue weighted by molar-refractivity contribution is -0.109. The van der Waals surface area contributed by atoms with Crippen LogP contribution < -0.4 is 5.73 Å². The molecule has 1 aliphatic rings. The Kier molecular flexibility index (Phi) is 3.44. The van der Waals surface area contributed by atoms with Gasteiger partial charge in [-0.3, -0.25) is 4.79 Å². The Morgan fingerprint density at radius 1 is 0.900 bits per heavy atom. The van der Waals surface area contributed by atoms with Crippen LogP contribution in [-0.4, -0.2) is 5.78 Å². The summed E-state index contributed by atoms with van der Waals surface area (Å²) < 4.78 is 0. The molecule has 2 N–H and O–H groups in total. The Labute approximate surface area is 122 Å². The quantitative estimate of drug-likeness (QED) is 0.853. The molecule has 0 aromatic heterocycles. The molecule has 0 aliphatic carbocycles. The van der Waals surface area contributed by atoms with Crippen molar-refractivity contribution in [3.05, 3.63) is 81.7 Å². The summed E-state index contributed by atoms with van der Waals surface area (Å²) in [5, 5.41) is 0.573. The first kappa shape index (κ1) is 12.8. The number of hydrogen-bond donors (Lipinski definition) is 1. The third-order valence-corrected chi connectivity index (χ3v) is 4.02. The van der Waals surface area contributed by atoms with E-state index in [1.165, 1.54) is 11.8 Å². The third kappa shape index (κ3) is 2.40. The van der Waals surface area contributed by atoms with Crippen molar-refractivity contribution in [3.8, 4) is 0 Å². The van der Waals surface area contributed by atoms with E-state index in [0.29, 0.717) is 15.5 Å². The molecular weight excluding hydrogens is 266 g/mol. The molecule has 2 aromatic carbocycles. The van der Waals surface area contributed by atoms with E-state index in [2.05, 4.69) is 0 Å². The number of nitrogens with two attached hydrogens (primary N) is 1. The van der Waals surface area contributed by atoms with E-state index in [1.54, 1.807) is 0 Å². The van der Waals surface area contributed by atoms with Gasteiger partial charge in [0, 0.05) is 0 Å². The number of thioether (sulfide) groups is 1. The Morgan fingerprint density at radius 3 is 2.15 bits per heavy atom. The number of carbonyl (C=O) groups is 1. The smallest absolute Gasteiger partial charge is 0.203 e. The normalized spacial score (nSPS) is 17.0. The molecule has 2 aromatic rings. The minimum Gasteiger partial charge on any atom is -0.393 e. The van der Waals surface area contributed by atoms with Crippen LogP contribution in [0.2, 0.25) is 0 Å². The number of benzene rings is 2. The van der Waals surface area contributed by atoms with Gasteiger partial charge in [0.05, 0.1) is 15.5 Å². The summed E-state index contributed by atoms with van der Waals surface area (Å²) in [4.78, 5) is 13.2. The molecule has 0 saturated heterocycles. The van der Waals surface area contributed by atoms with E-state index in [0.717, 1.165) is 11.1 Å². The first-order valence-corrected chi connectivity index (χ1v) is 7.12. The predicted molar refractivity (Wildman–Crippen MR) is 84.6 cm³/mol. The van der Waals surface area contributed by atoms with E-state index in [1.807, 2.05) is 66.7 Å². The molecule has 1 aliphatic heterocycles. The van der Waals surface area contributed by atoms with Crippen LogP contribution in [0.4, 0.5) is 0 Å². The zero-order chi connectivity index (χ0) is 13.9. The number of hydrogen-bond acceptors (Lipinski definition) is 3. The summed E-state index contributed by atoms with van der Waals surface area (Å²) in [5.74, 6) is 0.00236. The number of rotatable bonds is 2. The summed E-state index contributed by atoms with van der Waals surface area (Å²) in [6.45, 7) is 0. The maximum absolute atomic E-state index is 12.5. The van der Waals surface area contributed by atoms with E-state index in [4.69, 9.17) is 5.73 Å². The summed E-state index contributed by atoms with van der Waals surface area (Å²) >= 11 is 1.34. The molecule has 0 radical (unpaired) electrons. The summed E-state index contributed by atoms with van der Waals surface area (Å²) in [7, 11) is 0. The molecular formula is C17H13NOS. The van der Waals surface area contributed by atoms with Gasteiger partial charge < -0.3 is 5.73 Å². The highest BCUT2D eigenvalue weighted by Crippen LogP contribution is 2.40. The first-order valence-electron chi connectivity index (χ1n) is 6.30. The van der Waals surface area contributed by atoms with Crippen LogP contribution in [0.1, 0.15) is 11.1 Å². The summed E-state index contributed by atoms with van der Waals surface area (Å²) in [6.07, 6.45) is 1.88. The molecule has 2 nitrogen and oxygen atoms in total. The monoisotopic (exact) mass is 279 g/mol. The third-order valence-electron chi connectivity index (χ3n) is 3.08. The second-order valence-electron chi connectivity index (χ2n) is 4.46. The highest BCUT2D eigenvalue weighted by atomic mass is 32.2. The van der Waals surface area contributed by atoms with Crippen LogP contribution in [0.5, 0.6) is 0 Å². The molecule has 0 atom stereocenters. The van der Waals surface area contributed by atoms with Crippen LogP contribution >= 0.6 is 11.8 Å². The van der Waals surface area contributed by atoms with E-state index >= 15 is 0 Å². The minimum atomic E-state index is 0.00236. The highest BCUT2D eigenvalue weighted by molar-refractivity contribution is 8.08. The standard InChI is InChI=1S/C17H13NOS/c18-17-15(13-9-5-2-6-10-13)16(19)14(20-17)11-12-7-3-1-4-8-12/h1-11H,18H2. The van der Waals surface area contributed by atoms with Gasteiger partial charge in [-0.2, -0.15) is 0 Å². The molecule has 0 unspecified atom stereocenters. The van der Waals surface area contributed by atoms with Gasteiger partial charge in [-0.15, -0.1) is 0 Å². The van der Waals surface area contributed by atoms with Crippen molar-refractivity contribution < 1.29 is 4.79 Å². The molecule has 3 rings (SSSR count). The van der Waals surface area contributed by atoms with Gasteiger partial charge in [-0.25, -0.2) is 0 Å². The van der Waals surface area contributed by atoms with Crippen molar-refractivity contribution in [2.24, 2.45) is 5.73 Å². The number of ketones is 1. The van der Waals surface area contributed by atoms with Crippen molar-refractivity contribution >= 4 is 29.2 Å². The summed E-state index contributed by atoms with van der Waals surface area (Å²) in [5.41, 5.74) is 8.51. The fourth-order valence-corrected chi connectivity index (χ4v) is 3.06. The van der Waals surface area contributed by atoms with Crippen molar-refractivity contribution in [1.82, 2.24) is 0 Å². The Hall–Kier alpha value is -2.26. The zero-order valence-electron chi connectivity index (χ0n) is 10.7. The minimum absolute atomic E-state index is 0.00236. The molecule has 0 spiro atoms. The van der Waals surface area contributed by atoms with Gasteiger partial charge in [0.1, 0.15) is 0 Å². The summed E-state index contributed by atoms with van der Waals surface area (Å²) in [6, 6.07) is 19.4. The number of Topliss-reactive ketones (excluding diaryl/α,β-unsaturated/α-hetero) is 1. The Bertz CT molecular complexity index is 702. The average molecular weight is 279 g/mol. The maximum atomic E-state index is 12.5. The van der Waals surface area contributed by atoms with Gasteiger partial charge >= 0.3 is 0 Å². The topological polar surface area (TPSA) is 43.1 Å². The fourth-order valence-electron chi connectivity index (χ4n) is 2.12. The average Bonchev–Trinajstić information content (AvgIpc) is 2.75. The zero-order valence-corrected chi connectivity index (χ0v) is 11.6. The Morgan fingerprint density at radius 2 is 1.50 bits per heavy atom. The lowest BCUT2D eigenvalue weighted by atomic mass is 10.0. The molecule has 20 heavy (non-hydrogen) atoms. The van der Waals surface area contributed by atoms with Crippen LogP contribution in [-0.2, 0) is 4.79 Å². The maximum Gasteiger partial charge on any atom is 0.203 e. The van der Waals surface area contributed by atoms with Gasteiger partial charge in [-0.1, -0.05) is 72.4 Å². The van der Waals surface area contributed by atoms with Crippen molar-refractivity contribution in [2.75, 3.05) is 0 Å². The lowest BCUT2D eigenvalue weighted by Gasteiger charge is -2.00. The van der Waals surface area contributed by atoms with E-state index in [-0.39, 0.29) is 5.78 Å². The van der Waals surface area contributed by atoms with E-state index in [9.17, 15) is 4.79 Å². The molecule has 98 valence electrons. The van der Waals surface area contributed by atoms with Crippen molar-refractivity contribution in [3.63, 3.8) is 0 Å². The first-order chi connectivity index (χ1) is 9.75. The second-order valence-corrected chi connectivity index (χ2v) is 5.54. The van der Waals surface area contributed by atoms with Crippen molar-refractivity contribution in [2.45, 2.75) is 0 Å². The molecule has 0 amide bonds. The molecule has 0 saturated carbocycles. The van der Waals surface area contributed by atoms with Gasteiger partial charge in [0.2, 0.25) is 5.78 Å². The fraction of sp³-hybridized carbons (Fsp3) is 0.